The van der Waals surface area contributed by atoms with Gasteiger partial charge >= 0.3 is 6.18 Å². The van der Waals surface area contributed by atoms with Gasteiger partial charge in [-0.15, -0.1) is 0 Å². The second-order valence-corrected chi connectivity index (χ2v) is 8.81. The molecule has 0 spiro atoms. The van der Waals surface area contributed by atoms with Crippen LogP contribution in [0.15, 0.2) is 41.1 Å². The average Bonchev–Trinajstić information content (AvgIpc) is 3.19. The molecule has 1 fully saturated rings. The van der Waals surface area contributed by atoms with Gasteiger partial charge in [-0.05, 0) is 78.4 Å². The molecule has 0 radical (unpaired) electrons. The maximum atomic E-state index is 13.0. The second kappa shape index (κ2) is 9.31. The highest BCUT2D eigenvalue weighted by Crippen LogP contribution is 2.36. The molecule has 0 saturated carbocycles. The summed E-state index contributed by atoms with van der Waals surface area (Å²) in [7, 11) is 0. The number of likely N-dealkylation sites (tertiary alicyclic amines) is 1. The van der Waals surface area contributed by atoms with E-state index < -0.39 is 11.7 Å². The molecule has 2 aromatic rings. The van der Waals surface area contributed by atoms with E-state index in [2.05, 4.69) is 35.6 Å². The van der Waals surface area contributed by atoms with Crippen LogP contribution >= 0.6 is 11.3 Å². The van der Waals surface area contributed by atoms with Crippen LogP contribution in [0, 0.1) is 11.8 Å². The lowest BCUT2D eigenvalue weighted by atomic mass is 9.82. The molecule has 0 N–H and O–H groups in total. The normalized spacial score (nSPS) is 21.2. The highest BCUT2D eigenvalue weighted by molar-refractivity contribution is 7.07. The molecule has 1 aliphatic rings. The molecule has 6 heteroatoms. The smallest absolute Gasteiger partial charge is 0.416 e. The first-order valence-electron chi connectivity index (χ1n) is 9.87. The average molecular weight is 412 g/mol. The van der Waals surface area contributed by atoms with Crippen LogP contribution in [0.4, 0.5) is 13.2 Å². The fourth-order valence-electron chi connectivity index (χ4n) is 3.81. The predicted molar refractivity (Wildman–Crippen MR) is 108 cm³/mol. The van der Waals surface area contributed by atoms with Crippen LogP contribution in [0.2, 0.25) is 0 Å². The third kappa shape index (κ3) is 5.74. The van der Waals surface area contributed by atoms with Crippen LogP contribution in [0.1, 0.15) is 43.7 Å². The summed E-state index contributed by atoms with van der Waals surface area (Å²) in [5, 5.41) is 4.27. The van der Waals surface area contributed by atoms with Crippen LogP contribution in [0.5, 0.6) is 5.75 Å². The molecule has 0 bridgehead atoms. The largest absolute Gasteiger partial charge is 0.493 e. The van der Waals surface area contributed by atoms with Crippen LogP contribution in [0.25, 0.3) is 0 Å². The zero-order valence-electron chi connectivity index (χ0n) is 16.4. The fraction of sp³-hybridized carbons (Fsp3) is 0.545. The lowest BCUT2D eigenvalue weighted by Gasteiger charge is -2.38. The first-order chi connectivity index (χ1) is 13.3. The van der Waals surface area contributed by atoms with Crippen LogP contribution in [0.3, 0.4) is 0 Å². The maximum absolute atomic E-state index is 13.0. The van der Waals surface area contributed by atoms with Gasteiger partial charge in [-0.1, -0.05) is 19.9 Å². The number of halogens is 3. The molecule has 0 amide bonds. The van der Waals surface area contributed by atoms with Gasteiger partial charge in [-0.3, -0.25) is 0 Å². The SMILES string of the molecule is CC(C)CCN1CC[C@@H](c2ccsc2)[C@H](COc2cccc(C(F)(F)F)c2)C1. The van der Waals surface area contributed by atoms with Crippen molar-refractivity contribution in [2.24, 2.45) is 11.8 Å². The van der Waals surface area contributed by atoms with Crippen molar-refractivity contribution in [3.05, 3.63) is 52.2 Å². The van der Waals surface area contributed by atoms with Gasteiger partial charge in [0, 0.05) is 12.5 Å². The molecule has 2 nitrogen and oxygen atoms in total. The topological polar surface area (TPSA) is 12.5 Å². The summed E-state index contributed by atoms with van der Waals surface area (Å²) in [6, 6.07) is 7.35. The molecule has 0 aliphatic carbocycles. The van der Waals surface area contributed by atoms with Crippen molar-refractivity contribution in [1.82, 2.24) is 4.90 Å². The van der Waals surface area contributed by atoms with Crippen molar-refractivity contribution in [2.75, 3.05) is 26.2 Å². The highest BCUT2D eigenvalue weighted by atomic mass is 32.1. The summed E-state index contributed by atoms with van der Waals surface area (Å²) in [5.41, 5.74) is 0.660. The Bertz CT molecular complexity index is 730. The first kappa shape index (κ1) is 21.2. The quantitative estimate of drug-likeness (QED) is 0.530. The number of hydrogen-bond acceptors (Lipinski definition) is 3. The van der Waals surface area contributed by atoms with Gasteiger partial charge in [-0.25, -0.2) is 0 Å². The Morgan fingerprint density at radius 2 is 2.07 bits per heavy atom. The predicted octanol–water partition coefficient (Wildman–Crippen LogP) is 6.30. The first-order valence-corrected chi connectivity index (χ1v) is 10.8. The zero-order chi connectivity index (χ0) is 20.1. The van der Waals surface area contributed by atoms with Gasteiger partial charge in [0.25, 0.3) is 0 Å². The second-order valence-electron chi connectivity index (χ2n) is 8.03. The number of ether oxygens (including phenoxy) is 1. The van der Waals surface area contributed by atoms with E-state index in [-0.39, 0.29) is 11.7 Å². The Hall–Kier alpha value is -1.53. The van der Waals surface area contributed by atoms with E-state index in [0.717, 1.165) is 44.6 Å². The van der Waals surface area contributed by atoms with Crippen molar-refractivity contribution in [2.45, 2.75) is 38.8 Å². The Kier molecular flexibility index (Phi) is 7.05. The molecule has 154 valence electrons. The van der Waals surface area contributed by atoms with Gasteiger partial charge in [-0.2, -0.15) is 24.5 Å². The Balaban J connectivity index is 1.68. The minimum absolute atomic E-state index is 0.269. The van der Waals surface area contributed by atoms with Crippen molar-refractivity contribution in [3.63, 3.8) is 0 Å². The summed E-state index contributed by atoms with van der Waals surface area (Å²) in [5.74, 6) is 1.62. The number of nitrogens with zero attached hydrogens (tertiary/aromatic N) is 1. The van der Waals surface area contributed by atoms with Crippen molar-refractivity contribution in [3.8, 4) is 5.75 Å². The Morgan fingerprint density at radius 1 is 1.25 bits per heavy atom. The molecule has 0 unspecified atom stereocenters. The van der Waals surface area contributed by atoms with Crippen molar-refractivity contribution >= 4 is 11.3 Å². The Morgan fingerprint density at radius 3 is 2.75 bits per heavy atom. The molecule has 1 saturated heterocycles. The van der Waals surface area contributed by atoms with E-state index in [1.807, 2.05) is 0 Å². The summed E-state index contributed by atoms with van der Waals surface area (Å²) >= 11 is 1.69. The minimum Gasteiger partial charge on any atom is -0.493 e. The third-order valence-electron chi connectivity index (χ3n) is 5.44. The maximum Gasteiger partial charge on any atom is 0.416 e. The number of hydrogen-bond donors (Lipinski definition) is 0. The standard InChI is InChI=1S/C22H28F3NOS/c1-16(2)6-9-26-10-7-21(17-8-11-28-15-17)18(13-26)14-27-20-5-3-4-19(12-20)22(23,24)25/h3-5,8,11-12,15-16,18,21H,6-7,9-10,13-14H2,1-2H3/t18-,21-/m0/s1. The van der Waals surface area contributed by atoms with Crippen molar-refractivity contribution in [1.29, 1.82) is 0 Å². The summed E-state index contributed by atoms with van der Waals surface area (Å²) in [4.78, 5) is 2.48. The van der Waals surface area contributed by atoms with Gasteiger partial charge in [0.1, 0.15) is 5.75 Å². The molecule has 2 atom stereocenters. The minimum atomic E-state index is -4.35. The highest BCUT2D eigenvalue weighted by Gasteiger charge is 2.32. The molecule has 3 rings (SSSR count). The lowest BCUT2D eigenvalue weighted by molar-refractivity contribution is -0.137. The molecule has 1 aromatic carbocycles. The number of benzene rings is 1. The van der Waals surface area contributed by atoms with E-state index in [1.165, 1.54) is 11.6 Å². The van der Waals surface area contributed by atoms with Crippen LogP contribution < -0.4 is 4.74 Å². The van der Waals surface area contributed by atoms with E-state index in [9.17, 15) is 13.2 Å². The molecule has 1 aliphatic heterocycles. The summed E-state index contributed by atoms with van der Waals surface area (Å²) in [6.07, 6.45) is -2.13. The van der Waals surface area contributed by atoms with E-state index in [0.29, 0.717) is 18.4 Å². The van der Waals surface area contributed by atoms with Gasteiger partial charge < -0.3 is 9.64 Å². The van der Waals surface area contributed by atoms with Crippen molar-refractivity contribution < 1.29 is 17.9 Å². The molecule has 2 heterocycles. The molecule has 28 heavy (non-hydrogen) atoms. The molecule has 1 aromatic heterocycles. The van der Waals surface area contributed by atoms with Gasteiger partial charge in [0.2, 0.25) is 0 Å². The Labute approximate surface area is 169 Å². The van der Waals surface area contributed by atoms with Crippen LogP contribution in [-0.4, -0.2) is 31.1 Å². The van der Waals surface area contributed by atoms with E-state index >= 15 is 0 Å². The monoisotopic (exact) mass is 411 g/mol. The van der Waals surface area contributed by atoms with Crippen LogP contribution in [-0.2, 0) is 6.18 Å². The summed E-state index contributed by atoms with van der Waals surface area (Å²) < 4.78 is 44.7. The third-order valence-corrected chi connectivity index (χ3v) is 6.14. The van der Waals surface area contributed by atoms with Gasteiger partial charge in [0.15, 0.2) is 0 Å². The van der Waals surface area contributed by atoms with E-state index in [1.54, 1.807) is 17.4 Å². The van der Waals surface area contributed by atoms with E-state index in [4.69, 9.17) is 4.74 Å². The van der Waals surface area contributed by atoms with Gasteiger partial charge in [0.05, 0.1) is 12.2 Å². The molecular weight excluding hydrogens is 383 g/mol. The zero-order valence-corrected chi connectivity index (χ0v) is 17.2. The number of alkyl halides is 3. The fourth-order valence-corrected chi connectivity index (χ4v) is 4.54. The number of thiophene rings is 1. The summed E-state index contributed by atoms with van der Waals surface area (Å²) in [6.45, 7) is 7.94. The number of piperidine rings is 1. The number of rotatable bonds is 7. The lowest BCUT2D eigenvalue weighted by Crippen LogP contribution is -2.42. The molecular formula is C22H28F3NOS.